The molecule has 0 N–H and O–H groups in total. The number of carbonyl (C=O) groups excluding carboxylic acids is 1. The number of carbonyl (C=O) groups is 1. The summed E-state index contributed by atoms with van der Waals surface area (Å²) < 4.78 is 7.95. The summed E-state index contributed by atoms with van der Waals surface area (Å²) in [6.45, 7) is 4.23. The van der Waals surface area contributed by atoms with Gasteiger partial charge in [0.1, 0.15) is 18.1 Å². The fraction of sp³-hybridized carbons (Fsp3) is 0.357. The number of alkyl halides is 1. The number of rotatable bonds is 1. The predicted molar refractivity (Wildman–Crippen MR) is 89.7 cm³/mol. The van der Waals surface area contributed by atoms with Crippen molar-refractivity contribution < 1.29 is 9.53 Å². The average molecular weight is 468 g/mol. The normalized spacial score (nSPS) is 25.2. The van der Waals surface area contributed by atoms with E-state index in [-0.39, 0.29) is 15.6 Å². The Balaban J connectivity index is 2.53. The lowest BCUT2D eigenvalue weighted by molar-refractivity contribution is -0.119. The zero-order valence-corrected chi connectivity index (χ0v) is 14.6. The van der Waals surface area contributed by atoms with Crippen LogP contribution in [0.25, 0.3) is 0 Å². The van der Waals surface area contributed by atoms with Crippen molar-refractivity contribution in [1.82, 2.24) is 0 Å². The van der Waals surface area contributed by atoms with E-state index in [0.717, 1.165) is 16.9 Å². The van der Waals surface area contributed by atoms with Crippen LogP contribution in [0.3, 0.4) is 0 Å². The summed E-state index contributed by atoms with van der Waals surface area (Å²) in [4.78, 5) is 11.9. The number of hydrogen-bond acceptors (Lipinski definition) is 2. The van der Waals surface area contributed by atoms with Crippen LogP contribution in [-0.4, -0.2) is 12.4 Å². The molecule has 2 nitrogen and oxygen atoms in total. The molecule has 0 saturated heterocycles. The Bertz CT molecular complexity index is 509. The van der Waals surface area contributed by atoms with E-state index in [0.29, 0.717) is 6.61 Å². The van der Waals surface area contributed by atoms with Gasteiger partial charge >= 0.3 is 0 Å². The van der Waals surface area contributed by atoms with Gasteiger partial charge in [-0.3, -0.25) is 4.79 Å². The molecule has 96 valence electrons. The molecule has 0 aliphatic carbocycles. The van der Waals surface area contributed by atoms with Crippen molar-refractivity contribution in [1.29, 1.82) is 0 Å². The van der Waals surface area contributed by atoms with Crippen LogP contribution in [-0.2, 0) is 4.79 Å². The Kier molecular flexibility index (Phi) is 4.69. The maximum atomic E-state index is 11.9. The molecule has 2 rings (SSSR count). The third-order valence-electron chi connectivity index (χ3n) is 3.13. The van der Waals surface area contributed by atoms with Crippen molar-refractivity contribution >= 4 is 51.0 Å². The highest BCUT2D eigenvalue weighted by molar-refractivity contribution is 14.1. The monoisotopic (exact) mass is 468 g/mol. The van der Waals surface area contributed by atoms with Crippen molar-refractivity contribution in [2.45, 2.75) is 17.8 Å². The summed E-state index contributed by atoms with van der Waals surface area (Å²) in [5.41, 5.74) is 3.39. The molecular weight excluding hydrogens is 454 g/mol. The second kappa shape index (κ2) is 5.90. The van der Waals surface area contributed by atoms with Crippen LogP contribution in [0, 0.1) is 12.8 Å². The third kappa shape index (κ3) is 2.74. The first kappa shape index (κ1) is 14.3. The molecule has 18 heavy (non-hydrogen) atoms. The highest BCUT2D eigenvalue weighted by Gasteiger charge is 2.33. The Morgan fingerprint density at radius 3 is 2.83 bits per heavy atom. The van der Waals surface area contributed by atoms with Gasteiger partial charge < -0.3 is 4.74 Å². The standard InChI is InChI=1S/C14H14I2O2/c1-8-3-4-12-11(5-8)14(16)13(9(2)17)10(6-15)7-18-12/h3-6,13-14H,7H2,1-2H3/b10-6+. The summed E-state index contributed by atoms with van der Waals surface area (Å²) in [5.74, 6) is 1.03. The number of Topliss-reactive ketones (excluding diaryl/α,β-unsaturated/α-hetero) is 1. The molecule has 4 heteroatoms. The molecule has 0 aromatic heterocycles. The van der Waals surface area contributed by atoms with Gasteiger partial charge in [0.05, 0.1) is 9.84 Å². The smallest absolute Gasteiger partial charge is 0.138 e. The average Bonchev–Trinajstić information content (AvgIpc) is 2.46. The van der Waals surface area contributed by atoms with Gasteiger partial charge in [0, 0.05) is 5.56 Å². The second-order valence-electron chi connectivity index (χ2n) is 4.50. The minimum Gasteiger partial charge on any atom is -0.489 e. The fourth-order valence-corrected chi connectivity index (χ4v) is 4.22. The molecule has 0 amide bonds. The molecular formula is C14H14I2O2. The molecule has 2 atom stereocenters. The summed E-state index contributed by atoms with van der Waals surface area (Å²) in [5, 5.41) is 0. The fourth-order valence-electron chi connectivity index (χ4n) is 2.20. The van der Waals surface area contributed by atoms with Crippen LogP contribution in [0.2, 0.25) is 0 Å². The Morgan fingerprint density at radius 1 is 1.50 bits per heavy atom. The molecule has 1 aliphatic rings. The molecule has 1 aromatic carbocycles. The van der Waals surface area contributed by atoms with Crippen LogP contribution < -0.4 is 4.74 Å². The third-order valence-corrected chi connectivity index (χ3v) is 5.32. The van der Waals surface area contributed by atoms with Crippen molar-refractivity contribution in [3.05, 3.63) is 39.0 Å². The van der Waals surface area contributed by atoms with Crippen LogP contribution in [0.1, 0.15) is 22.0 Å². The second-order valence-corrected chi connectivity index (χ2v) is 6.47. The van der Waals surface area contributed by atoms with E-state index in [1.54, 1.807) is 6.92 Å². The summed E-state index contributed by atoms with van der Waals surface area (Å²) >= 11 is 4.55. The lowest BCUT2D eigenvalue weighted by Gasteiger charge is -2.19. The largest absolute Gasteiger partial charge is 0.489 e. The van der Waals surface area contributed by atoms with Gasteiger partial charge in [0.2, 0.25) is 0 Å². The minimum atomic E-state index is -0.0782. The molecule has 0 radical (unpaired) electrons. The molecule has 1 aliphatic heterocycles. The number of fused-ring (bicyclic) bond motifs is 1. The highest BCUT2D eigenvalue weighted by atomic mass is 127. The number of aryl methyl sites for hydroxylation is 1. The Labute approximate surface area is 134 Å². The van der Waals surface area contributed by atoms with Crippen LogP contribution in [0.4, 0.5) is 0 Å². The van der Waals surface area contributed by atoms with Crippen LogP contribution in [0.15, 0.2) is 27.9 Å². The van der Waals surface area contributed by atoms with E-state index in [1.807, 2.05) is 16.2 Å². The molecule has 2 unspecified atom stereocenters. The minimum absolute atomic E-state index is 0.0782. The topological polar surface area (TPSA) is 26.3 Å². The maximum absolute atomic E-state index is 11.9. The molecule has 0 saturated carbocycles. The quantitative estimate of drug-likeness (QED) is 0.452. The Hall–Kier alpha value is -0.110. The number of benzene rings is 1. The lowest BCUT2D eigenvalue weighted by Crippen LogP contribution is -2.19. The SMILES string of the molecule is CC(=O)C1/C(=C/I)COc2ccc(C)cc2C1I. The molecule has 0 spiro atoms. The van der Waals surface area contributed by atoms with E-state index < -0.39 is 0 Å². The van der Waals surface area contributed by atoms with Gasteiger partial charge in [-0.25, -0.2) is 0 Å². The summed E-state index contributed by atoms with van der Waals surface area (Å²) in [6, 6.07) is 6.17. The zero-order valence-electron chi connectivity index (χ0n) is 10.2. The first-order valence-corrected chi connectivity index (χ1v) is 8.20. The first-order valence-electron chi connectivity index (χ1n) is 5.71. The van der Waals surface area contributed by atoms with Gasteiger partial charge in [-0.1, -0.05) is 62.9 Å². The molecule has 0 fully saturated rings. The van der Waals surface area contributed by atoms with Crippen LogP contribution in [0.5, 0.6) is 5.75 Å². The summed E-state index contributed by atoms with van der Waals surface area (Å²) in [6.07, 6.45) is 0. The van der Waals surface area contributed by atoms with Crippen molar-refractivity contribution in [3.8, 4) is 5.75 Å². The van der Waals surface area contributed by atoms with Crippen molar-refractivity contribution in [3.63, 3.8) is 0 Å². The van der Waals surface area contributed by atoms with Crippen LogP contribution >= 0.6 is 45.2 Å². The summed E-state index contributed by atoms with van der Waals surface area (Å²) in [7, 11) is 0. The van der Waals surface area contributed by atoms with Crippen molar-refractivity contribution in [2.24, 2.45) is 5.92 Å². The van der Waals surface area contributed by atoms with E-state index in [4.69, 9.17) is 4.74 Å². The molecule has 0 bridgehead atoms. The van der Waals surface area contributed by atoms with Gasteiger partial charge in [-0.05, 0) is 29.6 Å². The number of ether oxygens (including phenoxy) is 1. The van der Waals surface area contributed by atoms with Gasteiger partial charge in [-0.2, -0.15) is 0 Å². The molecule has 1 heterocycles. The highest BCUT2D eigenvalue weighted by Crippen LogP contribution is 2.44. The van der Waals surface area contributed by atoms with E-state index in [2.05, 4.69) is 58.2 Å². The van der Waals surface area contributed by atoms with E-state index in [1.165, 1.54) is 5.56 Å². The first-order chi connectivity index (χ1) is 8.54. The Morgan fingerprint density at radius 2 is 2.22 bits per heavy atom. The van der Waals surface area contributed by atoms with E-state index in [9.17, 15) is 4.79 Å². The number of hydrogen-bond donors (Lipinski definition) is 0. The predicted octanol–water partition coefficient (Wildman–Crippen LogP) is 4.39. The van der Waals surface area contributed by atoms with Crippen molar-refractivity contribution in [2.75, 3.05) is 6.61 Å². The maximum Gasteiger partial charge on any atom is 0.138 e. The number of ketones is 1. The van der Waals surface area contributed by atoms with E-state index >= 15 is 0 Å². The molecule has 1 aromatic rings. The lowest BCUT2D eigenvalue weighted by atomic mass is 9.90. The van der Waals surface area contributed by atoms with Gasteiger partial charge in [0.25, 0.3) is 0 Å². The van der Waals surface area contributed by atoms with Gasteiger partial charge in [-0.15, -0.1) is 0 Å². The van der Waals surface area contributed by atoms with Gasteiger partial charge in [0.15, 0.2) is 0 Å². The number of halogens is 2. The zero-order chi connectivity index (χ0) is 13.3.